The van der Waals surface area contributed by atoms with Crippen LogP contribution >= 0.6 is 27.3 Å². The fourth-order valence-corrected chi connectivity index (χ4v) is 3.66. The second-order valence-electron chi connectivity index (χ2n) is 4.55. The number of nitrogens with one attached hydrogen (secondary N) is 1. The highest BCUT2D eigenvalue weighted by molar-refractivity contribution is 9.10. The summed E-state index contributed by atoms with van der Waals surface area (Å²) >= 11 is 5.31. The van der Waals surface area contributed by atoms with Gasteiger partial charge in [0.15, 0.2) is 0 Å². The van der Waals surface area contributed by atoms with Gasteiger partial charge in [-0.15, -0.1) is 11.3 Å². The Bertz CT molecular complexity index is 319. The molecule has 0 saturated heterocycles. The Morgan fingerprint density at radius 1 is 1.38 bits per heavy atom. The van der Waals surface area contributed by atoms with E-state index in [0.717, 1.165) is 13.0 Å². The number of hydrogen-bond donors (Lipinski definition) is 2. The average Bonchev–Trinajstić information content (AvgIpc) is 2.67. The summed E-state index contributed by atoms with van der Waals surface area (Å²) in [4.78, 5) is 1.45. The van der Waals surface area contributed by atoms with Gasteiger partial charge in [-0.05, 0) is 54.1 Å². The van der Waals surface area contributed by atoms with Crippen molar-refractivity contribution in [3.63, 3.8) is 0 Å². The van der Waals surface area contributed by atoms with Crippen molar-refractivity contribution in [2.24, 2.45) is 5.73 Å². The molecule has 1 aliphatic carbocycles. The third-order valence-electron chi connectivity index (χ3n) is 3.20. The lowest BCUT2D eigenvalue weighted by Crippen LogP contribution is -2.38. The first-order chi connectivity index (χ1) is 7.74. The molecule has 0 amide bonds. The Morgan fingerprint density at radius 3 is 2.75 bits per heavy atom. The molecule has 1 aliphatic rings. The van der Waals surface area contributed by atoms with Crippen molar-refractivity contribution in [3.05, 3.63) is 20.8 Å². The van der Waals surface area contributed by atoms with Crippen molar-refractivity contribution in [2.45, 2.75) is 44.2 Å². The van der Waals surface area contributed by atoms with Gasteiger partial charge in [0, 0.05) is 33.4 Å². The Kier molecular flexibility index (Phi) is 4.82. The van der Waals surface area contributed by atoms with E-state index >= 15 is 0 Å². The van der Waals surface area contributed by atoms with E-state index in [0.29, 0.717) is 12.1 Å². The van der Waals surface area contributed by atoms with E-state index in [1.54, 1.807) is 0 Å². The molecule has 0 radical (unpaired) electrons. The SMILES string of the molecule is NC1CCC(NCCc2cc(Br)cs2)CC1. The standard InChI is InChI=1S/C12H19BrN2S/c13-9-7-12(16-8-9)5-6-15-11-3-1-10(14)2-4-11/h7-8,10-11,15H,1-6,14H2. The summed E-state index contributed by atoms with van der Waals surface area (Å²) in [6.45, 7) is 1.09. The first-order valence-corrected chi connectivity index (χ1v) is 7.63. The molecule has 2 rings (SSSR count). The number of hydrogen-bond acceptors (Lipinski definition) is 3. The molecular formula is C12H19BrN2S. The third-order valence-corrected chi connectivity index (χ3v) is 4.96. The lowest BCUT2D eigenvalue weighted by atomic mass is 9.92. The molecule has 1 fully saturated rings. The quantitative estimate of drug-likeness (QED) is 0.897. The van der Waals surface area contributed by atoms with Crippen molar-refractivity contribution in [1.29, 1.82) is 0 Å². The van der Waals surface area contributed by atoms with E-state index in [9.17, 15) is 0 Å². The number of rotatable bonds is 4. The molecule has 3 N–H and O–H groups in total. The second-order valence-corrected chi connectivity index (χ2v) is 6.46. The fourth-order valence-electron chi connectivity index (χ4n) is 2.21. The van der Waals surface area contributed by atoms with Crippen LogP contribution in [0.4, 0.5) is 0 Å². The zero-order valence-electron chi connectivity index (χ0n) is 9.42. The number of nitrogens with two attached hydrogens (primary N) is 1. The molecule has 0 aliphatic heterocycles. The zero-order valence-corrected chi connectivity index (χ0v) is 11.8. The predicted molar refractivity (Wildman–Crippen MR) is 74.0 cm³/mol. The molecule has 1 heterocycles. The Labute approximate surface area is 110 Å². The summed E-state index contributed by atoms with van der Waals surface area (Å²) in [5, 5.41) is 5.78. The van der Waals surface area contributed by atoms with Crippen molar-refractivity contribution in [2.75, 3.05) is 6.54 Å². The van der Waals surface area contributed by atoms with E-state index in [1.807, 2.05) is 11.3 Å². The van der Waals surface area contributed by atoms with E-state index in [-0.39, 0.29) is 0 Å². The molecule has 16 heavy (non-hydrogen) atoms. The van der Waals surface area contributed by atoms with Gasteiger partial charge in [-0.1, -0.05) is 0 Å². The van der Waals surface area contributed by atoms with Gasteiger partial charge in [-0.3, -0.25) is 0 Å². The highest BCUT2D eigenvalue weighted by Crippen LogP contribution is 2.20. The Balaban J connectivity index is 1.64. The van der Waals surface area contributed by atoms with Gasteiger partial charge < -0.3 is 11.1 Å². The van der Waals surface area contributed by atoms with Crippen molar-refractivity contribution >= 4 is 27.3 Å². The fraction of sp³-hybridized carbons (Fsp3) is 0.667. The minimum Gasteiger partial charge on any atom is -0.328 e. The highest BCUT2D eigenvalue weighted by Gasteiger charge is 2.17. The number of halogens is 1. The first-order valence-electron chi connectivity index (χ1n) is 5.96. The summed E-state index contributed by atoms with van der Waals surface area (Å²) in [5.74, 6) is 0. The topological polar surface area (TPSA) is 38.0 Å². The summed E-state index contributed by atoms with van der Waals surface area (Å²) in [6.07, 6.45) is 5.99. The van der Waals surface area contributed by atoms with Crippen molar-refractivity contribution < 1.29 is 0 Å². The largest absolute Gasteiger partial charge is 0.328 e. The molecule has 0 spiro atoms. The van der Waals surface area contributed by atoms with Crippen LogP contribution in [-0.4, -0.2) is 18.6 Å². The lowest BCUT2D eigenvalue weighted by Gasteiger charge is -2.26. The molecule has 4 heteroatoms. The van der Waals surface area contributed by atoms with Crippen molar-refractivity contribution in [1.82, 2.24) is 5.32 Å². The normalized spacial score (nSPS) is 25.9. The molecule has 0 bridgehead atoms. The van der Waals surface area contributed by atoms with Crippen LogP contribution in [0, 0.1) is 0 Å². The molecule has 0 aromatic carbocycles. The van der Waals surface area contributed by atoms with E-state index in [4.69, 9.17) is 5.73 Å². The molecule has 1 saturated carbocycles. The average molecular weight is 303 g/mol. The van der Waals surface area contributed by atoms with Crippen LogP contribution in [0.1, 0.15) is 30.6 Å². The van der Waals surface area contributed by atoms with Crippen LogP contribution in [0.3, 0.4) is 0 Å². The molecule has 1 aromatic heterocycles. The first kappa shape index (κ1) is 12.6. The van der Waals surface area contributed by atoms with Gasteiger partial charge in [0.25, 0.3) is 0 Å². The maximum Gasteiger partial charge on any atom is 0.0285 e. The maximum absolute atomic E-state index is 5.89. The van der Waals surface area contributed by atoms with Gasteiger partial charge in [0.1, 0.15) is 0 Å². The molecule has 90 valence electrons. The van der Waals surface area contributed by atoms with Gasteiger partial charge in [0.05, 0.1) is 0 Å². The summed E-state index contributed by atoms with van der Waals surface area (Å²) < 4.78 is 1.20. The molecule has 0 atom stereocenters. The minimum absolute atomic E-state index is 0.450. The van der Waals surface area contributed by atoms with Gasteiger partial charge in [-0.25, -0.2) is 0 Å². The van der Waals surface area contributed by atoms with Gasteiger partial charge in [-0.2, -0.15) is 0 Å². The van der Waals surface area contributed by atoms with Crippen LogP contribution in [-0.2, 0) is 6.42 Å². The van der Waals surface area contributed by atoms with Crippen LogP contribution in [0.15, 0.2) is 15.9 Å². The van der Waals surface area contributed by atoms with Crippen LogP contribution in [0.2, 0.25) is 0 Å². The minimum atomic E-state index is 0.450. The monoisotopic (exact) mass is 302 g/mol. The van der Waals surface area contributed by atoms with Crippen LogP contribution in [0.25, 0.3) is 0 Å². The smallest absolute Gasteiger partial charge is 0.0285 e. The van der Waals surface area contributed by atoms with E-state index in [1.165, 1.54) is 35.0 Å². The zero-order chi connectivity index (χ0) is 11.4. The Hall–Kier alpha value is 0.1000. The van der Waals surface area contributed by atoms with Crippen LogP contribution < -0.4 is 11.1 Å². The number of thiophene rings is 1. The molecule has 0 unspecified atom stereocenters. The Morgan fingerprint density at radius 2 is 2.12 bits per heavy atom. The summed E-state index contributed by atoms with van der Waals surface area (Å²) in [6, 6.07) is 3.36. The predicted octanol–water partition coefficient (Wildman–Crippen LogP) is 2.91. The highest BCUT2D eigenvalue weighted by atomic mass is 79.9. The van der Waals surface area contributed by atoms with Crippen molar-refractivity contribution in [3.8, 4) is 0 Å². The summed E-state index contributed by atoms with van der Waals surface area (Å²) in [5.41, 5.74) is 5.89. The summed E-state index contributed by atoms with van der Waals surface area (Å²) in [7, 11) is 0. The molecule has 2 nitrogen and oxygen atoms in total. The van der Waals surface area contributed by atoms with E-state index < -0.39 is 0 Å². The van der Waals surface area contributed by atoms with Gasteiger partial charge >= 0.3 is 0 Å². The van der Waals surface area contributed by atoms with E-state index in [2.05, 4.69) is 32.7 Å². The maximum atomic E-state index is 5.89. The van der Waals surface area contributed by atoms with Gasteiger partial charge in [0.2, 0.25) is 0 Å². The third kappa shape index (κ3) is 3.84. The molecular weight excluding hydrogens is 284 g/mol. The lowest BCUT2D eigenvalue weighted by molar-refractivity contribution is 0.345. The van der Waals surface area contributed by atoms with Crippen LogP contribution in [0.5, 0.6) is 0 Å². The second kappa shape index (κ2) is 6.15. The molecule has 1 aromatic rings.